The molecule has 2 heterocycles. The molecular weight excluding hydrogens is 411 g/mol. The van der Waals surface area contributed by atoms with E-state index in [-0.39, 0.29) is 23.8 Å². The highest BCUT2D eigenvalue weighted by Gasteiger charge is 2.42. The third kappa shape index (κ3) is 4.38. The molecule has 1 aliphatic heterocycles. The molecule has 0 bridgehead atoms. The molecule has 0 aliphatic carbocycles. The van der Waals surface area contributed by atoms with Crippen molar-refractivity contribution >= 4 is 23.4 Å². The van der Waals surface area contributed by atoms with E-state index in [2.05, 4.69) is 5.10 Å². The van der Waals surface area contributed by atoms with E-state index in [0.717, 1.165) is 6.20 Å². The van der Waals surface area contributed by atoms with Crippen LogP contribution in [0.1, 0.15) is 23.0 Å². The molecule has 1 aromatic heterocycles. The zero-order chi connectivity index (χ0) is 21.3. The monoisotopic (exact) mass is 429 g/mol. The lowest BCUT2D eigenvalue weighted by Gasteiger charge is -2.36. The second kappa shape index (κ2) is 8.03. The van der Waals surface area contributed by atoms with E-state index in [4.69, 9.17) is 17.3 Å². The highest BCUT2D eigenvalue weighted by molar-refractivity contribution is 6.30. The fourth-order valence-electron chi connectivity index (χ4n) is 3.24. The molecule has 2 aromatic rings. The van der Waals surface area contributed by atoms with Gasteiger partial charge in [-0.15, -0.1) is 0 Å². The quantitative estimate of drug-likeness (QED) is 0.807. The van der Waals surface area contributed by atoms with Crippen molar-refractivity contribution < 1.29 is 22.8 Å². The molecule has 29 heavy (non-hydrogen) atoms. The van der Waals surface area contributed by atoms with E-state index in [9.17, 15) is 22.8 Å². The molecule has 1 saturated heterocycles. The van der Waals surface area contributed by atoms with E-state index < -0.39 is 35.3 Å². The predicted molar refractivity (Wildman–Crippen MR) is 99.7 cm³/mol. The summed E-state index contributed by atoms with van der Waals surface area (Å²) < 4.78 is 42.0. The summed E-state index contributed by atoms with van der Waals surface area (Å²) in [5.41, 5.74) is 3.69. The van der Waals surface area contributed by atoms with Gasteiger partial charge in [0.15, 0.2) is 5.69 Å². The lowest BCUT2D eigenvalue weighted by molar-refractivity contribution is -0.143. The van der Waals surface area contributed by atoms with Crippen LogP contribution in [-0.4, -0.2) is 63.6 Å². The van der Waals surface area contributed by atoms with Crippen LogP contribution in [0, 0.1) is 0 Å². The highest BCUT2D eigenvalue weighted by Crippen LogP contribution is 2.34. The summed E-state index contributed by atoms with van der Waals surface area (Å²) in [5.74, 6) is -1.26. The molecule has 1 aromatic carbocycles. The number of nitrogens with zero attached hydrogens (tertiary/aromatic N) is 4. The van der Waals surface area contributed by atoms with Crippen molar-refractivity contribution in [2.24, 2.45) is 5.73 Å². The summed E-state index contributed by atoms with van der Waals surface area (Å²) in [6.45, 7) is 2.67. The molecule has 3 rings (SSSR count). The molecule has 1 aliphatic rings. The van der Waals surface area contributed by atoms with Crippen LogP contribution in [0.4, 0.5) is 13.2 Å². The second-order valence-electron chi connectivity index (χ2n) is 6.70. The van der Waals surface area contributed by atoms with Crippen LogP contribution in [-0.2, 0) is 11.0 Å². The molecule has 1 fully saturated rings. The molecule has 0 saturated carbocycles. The van der Waals surface area contributed by atoms with Crippen molar-refractivity contribution in [2.75, 3.05) is 26.2 Å². The van der Waals surface area contributed by atoms with Gasteiger partial charge in [-0.2, -0.15) is 18.3 Å². The molecule has 156 valence electrons. The fraction of sp³-hybridized carbons (Fsp3) is 0.389. The molecular formula is C18H19ClF3N5O2. The SMILES string of the molecule is CC(C(N)=O)N1CCN(C(=O)c2cnn(-c3cccc(Cl)c3)c2C(F)(F)F)CC1. The smallest absolute Gasteiger partial charge is 0.368 e. The number of benzene rings is 1. The van der Waals surface area contributed by atoms with Gasteiger partial charge in [-0.25, -0.2) is 4.68 Å². The summed E-state index contributed by atoms with van der Waals surface area (Å²) in [6.07, 6.45) is -3.88. The Morgan fingerprint density at radius 2 is 1.86 bits per heavy atom. The molecule has 1 unspecified atom stereocenters. The number of hydrogen-bond donors (Lipinski definition) is 1. The van der Waals surface area contributed by atoms with Crippen molar-refractivity contribution in [1.82, 2.24) is 19.6 Å². The predicted octanol–water partition coefficient (Wildman–Crippen LogP) is 2.18. The minimum atomic E-state index is -4.80. The molecule has 2 amide bonds. The number of carbonyl (C=O) groups is 2. The van der Waals surface area contributed by atoms with Crippen LogP contribution in [0.3, 0.4) is 0 Å². The first-order valence-corrected chi connectivity index (χ1v) is 9.21. The first-order valence-electron chi connectivity index (χ1n) is 8.83. The molecule has 2 N–H and O–H groups in total. The molecule has 1 atom stereocenters. The maximum atomic E-state index is 13.8. The third-order valence-electron chi connectivity index (χ3n) is 4.88. The average molecular weight is 430 g/mol. The van der Waals surface area contributed by atoms with Gasteiger partial charge in [0.2, 0.25) is 5.91 Å². The van der Waals surface area contributed by atoms with Crippen molar-refractivity contribution in [3.05, 3.63) is 46.7 Å². The molecule has 11 heteroatoms. The number of amides is 2. The van der Waals surface area contributed by atoms with Gasteiger partial charge in [-0.1, -0.05) is 17.7 Å². The minimum absolute atomic E-state index is 0.101. The van der Waals surface area contributed by atoms with Crippen molar-refractivity contribution in [3.8, 4) is 5.69 Å². The number of carbonyl (C=O) groups excluding carboxylic acids is 2. The maximum Gasteiger partial charge on any atom is 0.434 e. The van der Waals surface area contributed by atoms with Crippen LogP contribution >= 0.6 is 11.6 Å². The Morgan fingerprint density at radius 1 is 1.21 bits per heavy atom. The zero-order valence-electron chi connectivity index (χ0n) is 15.5. The Hall–Kier alpha value is -2.59. The van der Waals surface area contributed by atoms with E-state index in [0.29, 0.717) is 17.8 Å². The zero-order valence-corrected chi connectivity index (χ0v) is 16.2. The van der Waals surface area contributed by atoms with Crippen molar-refractivity contribution in [3.63, 3.8) is 0 Å². The Kier molecular flexibility index (Phi) is 5.85. The largest absolute Gasteiger partial charge is 0.434 e. The number of piperazine rings is 1. The normalized spacial score (nSPS) is 16.7. The van der Waals surface area contributed by atoms with E-state index in [1.165, 1.54) is 29.2 Å². The van der Waals surface area contributed by atoms with E-state index in [1.807, 2.05) is 0 Å². The highest BCUT2D eigenvalue weighted by atomic mass is 35.5. The number of alkyl halides is 3. The van der Waals surface area contributed by atoms with Gasteiger partial charge >= 0.3 is 6.18 Å². The third-order valence-corrected chi connectivity index (χ3v) is 5.12. The van der Waals surface area contributed by atoms with E-state index in [1.54, 1.807) is 11.8 Å². The van der Waals surface area contributed by atoms with Gasteiger partial charge in [0, 0.05) is 31.2 Å². The number of rotatable bonds is 4. The van der Waals surface area contributed by atoms with Gasteiger partial charge in [-0.3, -0.25) is 14.5 Å². The topological polar surface area (TPSA) is 84.5 Å². The standard InChI is InChI=1S/C18H19ClF3N5O2/c1-11(16(23)28)25-5-7-26(8-6-25)17(29)14-10-24-27(15(14)18(20,21)22)13-4-2-3-12(19)9-13/h2-4,9-11H,5-8H2,1H3,(H2,23,28). The number of nitrogens with two attached hydrogens (primary N) is 1. The molecule has 0 radical (unpaired) electrons. The summed E-state index contributed by atoms with van der Waals surface area (Å²) in [6, 6.07) is 5.28. The first-order chi connectivity index (χ1) is 13.6. The second-order valence-corrected chi connectivity index (χ2v) is 7.14. The van der Waals surface area contributed by atoms with Crippen LogP contribution < -0.4 is 5.73 Å². The Balaban J connectivity index is 1.88. The van der Waals surface area contributed by atoms with Gasteiger partial charge in [0.1, 0.15) is 0 Å². The summed E-state index contributed by atoms with van der Waals surface area (Å²) >= 11 is 5.88. The first kappa shape index (κ1) is 21.1. The Morgan fingerprint density at radius 3 is 2.41 bits per heavy atom. The molecule has 0 spiro atoms. The average Bonchev–Trinajstić information content (AvgIpc) is 3.12. The van der Waals surface area contributed by atoms with Crippen LogP contribution in [0.15, 0.2) is 30.5 Å². The fourth-order valence-corrected chi connectivity index (χ4v) is 3.43. The van der Waals surface area contributed by atoms with Crippen LogP contribution in [0.25, 0.3) is 5.69 Å². The maximum absolute atomic E-state index is 13.8. The summed E-state index contributed by atoms with van der Waals surface area (Å²) in [7, 11) is 0. The summed E-state index contributed by atoms with van der Waals surface area (Å²) in [5, 5.41) is 4.04. The number of hydrogen-bond acceptors (Lipinski definition) is 4. The minimum Gasteiger partial charge on any atom is -0.368 e. The van der Waals surface area contributed by atoms with Gasteiger partial charge in [0.25, 0.3) is 5.91 Å². The van der Waals surface area contributed by atoms with E-state index >= 15 is 0 Å². The van der Waals surface area contributed by atoms with Crippen LogP contribution in [0.5, 0.6) is 0 Å². The van der Waals surface area contributed by atoms with Crippen LogP contribution in [0.2, 0.25) is 5.02 Å². The Bertz CT molecular complexity index is 922. The molecule has 7 nitrogen and oxygen atoms in total. The number of halogens is 4. The Labute approximate surface area is 169 Å². The van der Waals surface area contributed by atoms with Gasteiger partial charge < -0.3 is 10.6 Å². The number of primary amides is 1. The summed E-state index contributed by atoms with van der Waals surface area (Å²) in [4.78, 5) is 27.2. The number of aromatic nitrogens is 2. The van der Waals surface area contributed by atoms with Crippen molar-refractivity contribution in [1.29, 1.82) is 0 Å². The lowest BCUT2D eigenvalue weighted by Crippen LogP contribution is -2.54. The van der Waals surface area contributed by atoms with Crippen molar-refractivity contribution in [2.45, 2.75) is 19.1 Å². The van der Waals surface area contributed by atoms with Gasteiger partial charge in [-0.05, 0) is 25.1 Å². The van der Waals surface area contributed by atoms with Gasteiger partial charge in [0.05, 0.1) is 23.5 Å². The lowest BCUT2D eigenvalue weighted by atomic mass is 10.1.